The Morgan fingerprint density at radius 2 is 1.95 bits per heavy atom. The SMILES string of the molecule is CCOc1ccccc1OC(=O)c1cccnc1Cl. The van der Waals surface area contributed by atoms with E-state index in [1.54, 1.807) is 36.4 Å². The largest absolute Gasteiger partial charge is 0.490 e. The van der Waals surface area contributed by atoms with Crippen LogP contribution in [0, 0.1) is 0 Å². The molecule has 0 amide bonds. The van der Waals surface area contributed by atoms with E-state index in [4.69, 9.17) is 21.1 Å². The predicted molar refractivity (Wildman–Crippen MR) is 71.8 cm³/mol. The van der Waals surface area contributed by atoms with Crippen LogP contribution in [0.1, 0.15) is 17.3 Å². The zero-order valence-electron chi connectivity index (χ0n) is 10.3. The molecular formula is C14H12ClNO3. The first-order chi connectivity index (χ1) is 9.22. The lowest BCUT2D eigenvalue weighted by Gasteiger charge is -2.10. The van der Waals surface area contributed by atoms with E-state index in [9.17, 15) is 4.79 Å². The van der Waals surface area contributed by atoms with Crippen molar-refractivity contribution < 1.29 is 14.3 Å². The van der Waals surface area contributed by atoms with Gasteiger partial charge < -0.3 is 9.47 Å². The van der Waals surface area contributed by atoms with Gasteiger partial charge in [-0.25, -0.2) is 9.78 Å². The Labute approximate surface area is 115 Å². The predicted octanol–water partition coefficient (Wildman–Crippen LogP) is 3.35. The van der Waals surface area contributed by atoms with E-state index in [1.165, 1.54) is 6.20 Å². The number of carbonyl (C=O) groups is 1. The highest BCUT2D eigenvalue weighted by atomic mass is 35.5. The summed E-state index contributed by atoms with van der Waals surface area (Å²) in [6.07, 6.45) is 1.51. The Morgan fingerprint density at radius 1 is 1.21 bits per heavy atom. The first kappa shape index (κ1) is 13.4. The van der Waals surface area contributed by atoms with Crippen LogP contribution >= 0.6 is 11.6 Å². The van der Waals surface area contributed by atoms with Crippen LogP contribution < -0.4 is 9.47 Å². The first-order valence-corrected chi connectivity index (χ1v) is 6.14. The summed E-state index contributed by atoms with van der Waals surface area (Å²) in [7, 11) is 0. The first-order valence-electron chi connectivity index (χ1n) is 5.77. The van der Waals surface area contributed by atoms with Crippen molar-refractivity contribution in [1.82, 2.24) is 4.98 Å². The number of esters is 1. The zero-order chi connectivity index (χ0) is 13.7. The summed E-state index contributed by atoms with van der Waals surface area (Å²) in [5, 5.41) is 0.112. The van der Waals surface area contributed by atoms with Gasteiger partial charge in [0.25, 0.3) is 0 Å². The van der Waals surface area contributed by atoms with E-state index in [-0.39, 0.29) is 10.7 Å². The normalized spacial score (nSPS) is 10.0. The number of aromatic nitrogens is 1. The van der Waals surface area contributed by atoms with E-state index >= 15 is 0 Å². The Kier molecular flexibility index (Phi) is 4.36. The molecule has 98 valence electrons. The summed E-state index contributed by atoms with van der Waals surface area (Å²) in [5.41, 5.74) is 0.218. The Morgan fingerprint density at radius 3 is 2.63 bits per heavy atom. The van der Waals surface area contributed by atoms with Gasteiger partial charge in [-0.05, 0) is 31.2 Å². The van der Waals surface area contributed by atoms with Gasteiger partial charge in [0.1, 0.15) is 5.15 Å². The number of rotatable bonds is 4. The summed E-state index contributed by atoms with van der Waals surface area (Å²) >= 11 is 5.84. The molecule has 1 heterocycles. The third kappa shape index (κ3) is 3.23. The number of nitrogens with zero attached hydrogens (tertiary/aromatic N) is 1. The summed E-state index contributed by atoms with van der Waals surface area (Å²) in [6, 6.07) is 10.1. The third-order valence-electron chi connectivity index (χ3n) is 2.33. The zero-order valence-corrected chi connectivity index (χ0v) is 11.1. The molecule has 0 atom stereocenters. The molecular weight excluding hydrogens is 266 g/mol. The summed E-state index contributed by atoms with van der Waals surface area (Å²) in [6.45, 7) is 2.35. The minimum absolute atomic E-state index is 0.112. The molecule has 0 spiro atoms. The maximum atomic E-state index is 12.0. The minimum atomic E-state index is -0.565. The van der Waals surface area contributed by atoms with Crippen LogP contribution in [0.2, 0.25) is 5.15 Å². The van der Waals surface area contributed by atoms with Gasteiger partial charge >= 0.3 is 5.97 Å². The number of halogens is 1. The highest BCUT2D eigenvalue weighted by molar-refractivity contribution is 6.32. The molecule has 0 unspecified atom stereocenters. The van der Waals surface area contributed by atoms with E-state index in [0.717, 1.165) is 0 Å². The molecule has 0 aliphatic rings. The second kappa shape index (κ2) is 6.20. The van der Waals surface area contributed by atoms with Crippen LogP contribution in [0.25, 0.3) is 0 Å². The molecule has 4 nitrogen and oxygen atoms in total. The molecule has 5 heteroatoms. The molecule has 0 fully saturated rings. The topological polar surface area (TPSA) is 48.4 Å². The molecule has 0 saturated carbocycles. The number of para-hydroxylation sites is 2. The molecule has 0 N–H and O–H groups in total. The van der Waals surface area contributed by atoms with E-state index in [0.29, 0.717) is 18.1 Å². The number of hydrogen-bond donors (Lipinski definition) is 0. The van der Waals surface area contributed by atoms with Gasteiger partial charge in [-0.15, -0.1) is 0 Å². The van der Waals surface area contributed by atoms with Crippen molar-refractivity contribution in [2.45, 2.75) is 6.92 Å². The van der Waals surface area contributed by atoms with Crippen molar-refractivity contribution in [3.05, 3.63) is 53.3 Å². The monoisotopic (exact) mass is 277 g/mol. The maximum absolute atomic E-state index is 12.0. The number of carbonyl (C=O) groups excluding carboxylic acids is 1. The van der Waals surface area contributed by atoms with Crippen LogP contribution in [-0.2, 0) is 0 Å². The van der Waals surface area contributed by atoms with Gasteiger partial charge in [0.15, 0.2) is 11.5 Å². The van der Waals surface area contributed by atoms with Gasteiger partial charge in [0.05, 0.1) is 12.2 Å². The third-order valence-corrected chi connectivity index (χ3v) is 2.63. The van der Waals surface area contributed by atoms with Crippen molar-refractivity contribution in [3.8, 4) is 11.5 Å². The van der Waals surface area contributed by atoms with Crippen molar-refractivity contribution in [2.24, 2.45) is 0 Å². The highest BCUT2D eigenvalue weighted by Gasteiger charge is 2.15. The van der Waals surface area contributed by atoms with Gasteiger partial charge in [-0.1, -0.05) is 23.7 Å². The lowest BCUT2D eigenvalue weighted by molar-refractivity contribution is 0.0728. The molecule has 0 bridgehead atoms. The summed E-state index contributed by atoms with van der Waals surface area (Å²) < 4.78 is 10.7. The second-order valence-corrected chi connectivity index (χ2v) is 3.97. The average Bonchev–Trinajstić information content (AvgIpc) is 2.41. The van der Waals surface area contributed by atoms with Crippen molar-refractivity contribution in [2.75, 3.05) is 6.61 Å². The van der Waals surface area contributed by atoms with Crippen molar-refractivity contribution >= 4 is 17.6 Å². The standard InChI is InChI=1S/C14H12ClNO3/c1-2-18-11-7-3-4-8-12(11)19-14(17)10-6-5-9-16-13(10)15/h3-9H,2H2,1H3. The van der Waals surface area contributed by atoms with Crippen LogP contribution in [0.15, 0.2) is 42.6 Å². The fourth-order valence-electron chi connectivity index (χ4n) is 1.50. The van der Waals surface area contributed by atoms with Gasteiger partial charge in [-0.3, -0.25) is 0 Å². The molecule has 19 heavy (non-hydrogen) atoms. The minimum Gasteiger partial charge on any atom is -0.490 e. The quantitative estimate of drug-likeness (QED) is 0.488. The Balaban J connectivity index is 2.22. The fourth-order valence-corrected chi connectivity index (χ4v) is 1.70. The molecule has 1 aromatic heterocycles. The summed E-state index contributed by atoms with van der Waals surface area (Å²) in [5.74, 6) is 0.304. The maximum Gasteiger partial charge on any atom is 0.346 e. The van der Waals surface area contributed by atoms with Gasteiger partial charge in [-0.2, -0.15) is 0 Å². The van der Waals surface area contributed by atoms with Crippen LogP contribution in [0.4, 0.5) is 0 Å². The number of pyridine rings is 1. The highest BCUT2D eigenvalue weighted by Crippen LogP contribution is 2.27. The molecule has 2 aromatic rings. The van der Waals surface area contributed by atoms with Crippen LogP contribution in [-0.4, -0.2) is 17.6 Å². The van der Waals surface area contributed by atoms with Crippen molar-refractivity contribution in [3.63, 3.8) is 0 Å². The molecule has 0 radical (unpaired) electrons. The average molecular weight is 278 g/mol. The van der Waals surface area contributed by atoms with E-state index < -0.39 is 5.97 Å². The lowest BCUT2D eigenvalue weighted by atomic mass is 10.3. The fraction of sp³-hybridized carbons (Fsp3) is 0.143. The number of benzene rings is 1. The lowest BCUT2D eigenvalue weighted by Crippen LogP contribution is -2.10. The molecule has 0 saturated heterocycles. The smallest absolute Gasteiger partial charge is 0.346 e. The number of hydrogen-bond acceptors (Lipinski definition) is 4. The van der Waals surface area contributed by atoms with E-state index in [1.807, 2.05) is 6.92 Å². The van der Waals surface area contributed by atoms with Crippen molar-refractivity contribution in [1.29, 1.82) is 0 Å². The molecule has 1 aromatic carbocycles. The molecule has 0 aliphatic carbocycles. The summed E-state index contributed by atoms with van der Waals surface area (Å²) in [4.78, 5) is 15.8. The van der Waals surface area contributed by atoms with Crippen LogP contribution in [0.3, 0.4) is 0 Å². The van der Waals surface area contributed by atoms with Gasteiger partial charge in [0, 0.05) is 6.20 Å². The Bertz CT molecular complexity index is 586. The van der Waals surface area contributed by atoms with E-state index in [2.05, 4.69) is 4.98 Å². The number of ether oxygens (including phenoxy) is 2. The van der Waals surface area contributed by atoms with Gasteiger partial charge in [0.2, 0.25) is 0 Å². The Hall–Kier alpha value is -2.07. The second-order valence-electron chi connectivity index (χ2n) is 3.61. The molecule has 2 rings (SSSR count). The van der Waals surface area contributed by atoms with Crippen LogP contribution in [0.5, 0.6) is 11.5 Å². The molecule has 0 aliphatic heterocycles.